The minimum atomic E-state index is -0.273. The van der Waals surface area contributed by atoms with Crippen molar-refractivity contribution in [1.29, 1.82) is 0 Å². The van der Waals surface area contributed by atoms with Crippen molar-refractivity contribution < 1.29 is 9.53 Å². The van der Waals surface area contributed by atoms with Crippen molar-refractivity contribution in [3.8, 4) is 0 Å². The number of aromatic nitrogens is 3. The summed E-state index contributed by atoms with van der Waals surface area (Å²) >= 11 is 0. The van der Waals surface area contributed by atoms with E-state index in [0.717, 1.165) is 5.56 Å². The Morgan fingerprint density at radius 1 is 1.43 bits per heavy atom. The summed E-state index contributed by atoms with van der Waals surface area (Å²) in [7, 11) is 1.64. The van der Waals surface area contributed by atoms with Crippen molar-refractivity contribution in [3.05, 3.63) is 42.5 Å². The molecule has 2 N–H and O–H groups in total. The van der Waals surface area contributed by atoms with Gasteiger partial charge in [-0.3, -0.25) is 9.67 Å². The van der Waals surface area contributed by atoms with Crippen LogP contribution in [0.15, 0.2) is 36.9 Å². The molecule has 7 heteroatoms. The molecule has 0 spiro atoms. The summed E-state index contributed by atoms with van der Waals surface area (Å²) < 4.78 is 6.69. The molecule has 112 valence electrons. The standard InChI is InChI=1S/C14H19N5O2/c1-11(12-3-5-15-6-4-12)17-14(20)18-13-9-16-19(10-13)7-8-21-2/h3-6,9-11H,7-8H2,1-2H3,(H2,17,18,20)/t11-/m0/s1. The van der Waals surface area contributed by atoms with Crippen LogP contribution in [0.2, 0.25) is 0 Å². The van der Waals surface area contributed by atoms with Crippen LogP contribution in [0.3, 0.4) is 0 Å². The maximum atomic E-state index is 11.9. The lowest BCUT2D eigenvalue weighted by Crippen LogP contribution is -2.31. The Hall–Kier alpha value is -2.41. The molecule has 0 aliphatic heterocycles. The van der Waals surface area contributed by atoms with Crippen molar-refractivity contribution in [2.24, 2.45) is 0 Å². The van der Waals surface area contributed by atoms with Gasteiger partial charge in [-0.2, -0.15) is 5.10 Å². The van der Waals surface area contributed by atoms with Crippen LogP contribution in [-0.2, 0) is 11.3 Å². The predicted molar refractivity (Wildman–Crippen MR) is 78.9 cm³/mol. The third kappa shape index (κ3) is 4.57. The summed E-state index contributed by atoms with van der Waals surface area (Å²) in [5.74, 6) is 0. The Kier molecular flexibility index (Phi) is 5.28. The zero-order chi connectivity index (χ0) is 15.1. The van der Waals surface area contributed by atoms with Crippen molar-refractivity contribution in [2.45, 2.75) is 19.5 Å². The molecule has 0 saturated heterocycles. The van der Waals surface area contributed by atoms with Crippen molar-refractivity contribution >= 4 is 11.7 Å². The van der Waals surface area contributed by atoms with Crippen LogP contribution in [0.4, 0.5) is 10.5 Å². The lowest BCUT2D eigenvalue weighted by atomic mass is 10.1. The van der Waals surface area contributed by atoms with Crippen LogP contribution < -0.4 is 10.6 Å². The smallest absolute Gasteiger partial charge is 0.319 e. The molecular weight excluding hydrogens is 270 g/mol. The number of nitrogens with zero attached hydrogens (tertiary/aromatic N) is 3. The van der Waals surface area contributed by atoms with Crippen LogP contribution in [0, 0.1) is 0 Å². The Morgan fingerprint density at radius 3 is 2.90 bits per heavy atom. The summed E-state index contributed by atoms with van der Waals surface area (Å²) in [5.41, 5.74) is 1.64. The number of nitrogens with one attached hydrogen (secondary N) is 2. The van der Waals surface area contributed by atoms with E-state index < -0.39 is 0 Å². The summed E-state index contributed by atoms with van der Waals surface area (Å²) in [6.45, 7) is 3.14. The average Bonchev–Trinajstić information content (AvgIpc) is 2.93. The summed E-state index contributed by atoms with van der Waals surface area (Å²) in [5, 5.41) is 9.74. The molecule has 2 aromatic heterocycles. The van der Waals surface area contributed by atoms with E-state index in [1.807, 2.05) is 19.1 Å². The molecule has 0 unspecified atom stereocenters. The number of anilines is 1. The highest BCUT2D eigenvalue weighted by Crippen LogP contribution is 2.11. The largest absolute Gasteiger partial charge is 0.383 e. The maximum absolute atomic E-state index is 11.9. The third-order valence-corrected chi connectivity index (χ3v) is 2.97. The molecule has 0 aliphatic carbocycles. The first-order valence-corrected chi connectivity index (χ1v) is 6.68. The first kappa shape index (κ1) is 15.0. The molecule has 1 atom stereocenters. The van der Waals surface area contributed by atoms with Crippen LogP contribution in [-0.4, -0.2) is 34.5 Å². The number of carbonyl (C=O) groups excluding carboxylic acids is 1. The topological polar surface area (TPSA) is 81.1 Å². The molecule has 7 nitrogen and oxygen atoms in total. The van der Waals surface area contributed by atoms with Gasteiger partial charge in [0.15, 0.2) is 0 Å². The molecule has 2 amide bonds. The normalized spacial score (nSPS) is 11.9. The number of hydrogen-bond acceptors (Lipinski definition) is 4. The first-order chi connectivity index (χ1) is 10.2. The van der Waals surface area contributed by atoms with E-state index in [1.165, 1.54) is 0 Å². The van der Waals surface area contributed by atoms with Crippen LogP contribution in [0.5, 0.6) is 0 Å². The molecule has 2 aromatic rings. The zero-order valence-electron chi connectivity index (χ0n) is 12.1. The van der Waals surface area contributed by atoms with Gasteiger partial charge in [0, 0.05) is 25.7 Å². The first-order valence-electron chi connectivity index (χ1n) is 6.68. The monoisotopic (exact) mass is 289 g/mol. The fraction of sp³-hybridized carbons (Fsp3) is 0.357. The van der Waals surface area contributed by atoms with Gasteiger partial charge in [0.05, 0.1) is 31.1 Å². The Bertz CT molecular complexity index is 570. The van der Waals surface area contributed by atoms with Crippen LogP contribution in [0.1, 0.15) is 18.5 Å². The lowest BCUT2D eigenvalue weighted by molar-refractivity contribution is 0.183. The van der Waals surface area contributed by atoms with E-state index in [4.69, 9.17) is 4.74 Å². The minimum Gasteiger partial charge on any atom is -0.383 e. The highest BCUT2D eigenvalue weighted by molar-refractivity contribution is 5.89. The van der Waals surface area contributed by atoms with Gasteiger partial charge >= 0.3 is 6.03 Å². The zero-order valence-corrected chi connectivity index (χ0v) is 12.1. The molecule has 0 aliphatic rings. The second-order valence-corrected chi connectivity index (χ2v) is 4.59. The van der Waals surface area contributed by atoms with Crippen LogP contribution in [0.25, 0.3) is 0 Å². The fourth-order valence-corrected chi connectivity index (χ4v) is 1.83. The Balaban J connectivity index is 1.85. The van der Waals surface area contributed by atoms with Gasteiger partial charge in [-0.1, -0.05) is 0 Å². The molecule has 21 heavy (non-hydrogen) atoms. The molecule has 2 heterocycles. The predicted octanol–water partition coefficient (Wildman–Crippen LogP) is 1.81. The van der Waals surface area contributed by atoms with E-state index in [9.17, 15) is 4.79 Å². The molecule has 0 bridgehead atoms. The van der Waals surface area contributed by atoms with E-state index in [0.29, 0.717) is 18.8 Å². The summed E-state index contributed by atoms with van der Waals surface area (Å²) in [4.78, 5) is 15.9. The molecule has 2 rings (SSSR count). The summed E-state index contributed by atoms with van der Waals surface area (Å²) in [6.07, 6.45) is 6.76. The number of urea groups is 1. The number of rotatable bonds is 6. The third-order valence-electron chi connectivity index (χ3n) is 2.97. The quantitative estimate of drug-likeness (QED) is 0.849. The minimum absolute atomic E-state index is 0.100. The number of ether oxygens (including phenoxy) is 1. The van der Waals surface area contributed by atoms with Gasteiger partial charge in [0.1, 0.15) is 0 Å². The van der Waals surface area contributed by atoms with Gasteiger partial charge in [0.2, 0.25) is 0 Å². The summed E-state index contributed by atoms with van der Waals surface area (Å²) in [6, 6.07) is 3.36. The SMILES string of the molecule is COCCn1cc(NC(=O)N[C@@H](C)c2ccncc2)cn1. The van der Waals surface area contributed by atoms with E-state index in [2.05, 4.69) is 20.7 Å². The van der Waals surface area contributed by atoms with E-state index in [1.54, 1.807) is 36.6 Å². The van der Waals surface area contributed by atoms with Crippen molar-refractivity contribution in [3.63, 3.8) is 0 Å². The number of pyridine rings is 1. The second kappa shape index (κ2) is 7.39. The fourth-order valence-electron chi connectivity index (χ4n) is 1.83. The van der Waals surface area contributed by atoms with Gasteiger partial charge in [-0.05, 0) is 24.6 Å². The lowest BCUT2D eigenvalue weighted by Gasteiger charge is -2.14. The van der Waals surface area contributed by atoms with E-state index >= 15 is 0 Å². The Morgan fingerprint density at radius 2 is 2.19 bits per heavy atom. The van der Waals surface area contributed by atoms with Gasteiger partial charge in [-0.15, -0.1) is 0 Å². The number of carbonyl (C=O) groups is 1. The second-order valence-electron chi connectivity index (χ2n) is 4.59. The highest BCUT2D eigenvalue weighted by Gasteiger charge is 2.10. The molecule has 0 aromatic carbocycles. The molecular formula is C14H19N5O2. The molecule has 0 saturated carbocycles. The number of methoxy groups -OCH3 is 1. The van der Waals surface area contributed by atoms with Gasteiger partial charge < -0.3 is 15.4 Å². The van der Waals surface area contributed by atoms with Gasteiger partial charge in [0.25, 0.3) is 0 Å². The Labute approximate surface area is 123 Å². The van der Waals surface area contributed by atoms with Gasteiger partial charge in [-0.25, -0.2) is 4.79 Å². The van der Waals surface area contributed by atoms with Crippen molar-refractivity contribution in [2.75, 3.05) is 19.0 Å². The maximum Gasteiger partial charge on any atom is 0.319 e. The van der Waals surface area contributed by atoms with Crippen molar-refractivity contribution in [1.82, 2.24) is 20.1 Å². The number of hydrogen-bond donors (Lipinski definition) is 2. The average molecular weight is 289 g/mol. The van der Waals surface area contributed by atoms with Crippen LogP contribution >= 0.6 is 0 Å². The molecule has 0 radical (unpaired) electrons. The molecule has 0 fully saturated rings. The number of amides is 2. The van der Waals surface area contributed by atoms with E-state index in [-0.39, 0.29) is 12.1 Å². The highest BCUT2D eigenvalue weighted by atomic mass is 16.5.